The third kappa shape index (κ3) is 3.07. The lowest BCUT2D eigenvalue weighted by Crippen LogP contribution is -2.36. The topological polar surface area (TPSA) is 66.2 Å². The standard InChI is InChI=1S/C17H15N3O2/c18-10-15-7-6-14-11-20(9-8-16(14)19-15)17(21)22-12-13-4-2-1-3-5-13/h1-7H,8-9,11-12H2. The number of pyridine rings is 1. The zero-order valence-corrected chi connectivity index (χ0v) is 12.0. The minimum absolute atomic E-state index is 0.272. The smallest absolute Gasteiger partial charge is 0.410 e. The van der Waals surface area contributed by atoms with Crippen LogP contribution in [0.15, 0.2) is 42.5 Å². The minimum Gasteiger partial charge on any atom is -0.445 e. The van der Waals surface area contributed by atoms with Crippen molar-refractivity contribution >= 4 is 6.09 Å². The summed E-state index contributed by atoms with van der Waals surface area (Å²) < 4.78 is 5.34. The third-order valence-electron chi connectivity index (χ3n) is 3.63. The molecule has 0 spiro atoms. The summed E-state index contributed by atoms with van der Waals surface area (Å²) in [7, 11) is 0. The van der Waals surface area contributed by atoms with Crippen LogP contribution < -0.4 is 0 Å². The van der Waals surface area contributed by atoms with E-state index in [9.17, 15) is 4.79 Å². The first-order valence-corrected chi connectivity index (χ1v) is 7.11. The summed E-state index contributed by atoms with van der Waals surface area (Å²) in [5, 5.41) is 8.86. The molecule has 2 aromatic rings. The monoisotopic (exact) mass is 293 g/mol. The predicted molar refractivity (Wildman–Crippen MR) is 79.7 cm³/mol. The first-order chi connectivity index (χ1) is 10.8. The summed E-state index contributed by atoms with van der Waals surface area (Å²) >= 11 is 0. The average molecular weight is 293 g/mol. The van der Waals surface area contributed by atoms with E-state index in [4.69, 9.17) is 10.00 Å². The molecule has 1 aromatic heterocycles. The number of ether oxygens (including phenoxy) is 1. The van der Waals surface area contributed by atoms with E-state index >= 15 is 0 Å². The fraction of sp³-hybridized carbons (Fsp3) is 0.235. The van der Waals surface area contributed by atoms with Gasteiger partial charge in [0.2, 0.25) is 0 Å². The van der Waals surface area contributed by atoms with Crippen LogP contribution in [0.3, 0.4) is 0 Å². The van der Waals surface area contributed by atoms with Crippen molar-refractivity contribution in [1.82, 2.24) is 9.88 Å². The van der Waals surface area contributed by atoms with Crippen molar-refractivity contribution in [3.05, 3.63) is 65.0 Å². The second-order valence-corrected chi connectivity index (χ2v) is 5.13. The Kier molecular flexibility index (Phi) is 4.01. The lowest BCUT2D eigenvalue weighted by atomic mass is 10.1. The number of carbonyl (C=O) groups is 1. The summed E-state index contributed by atoms with van der Waals surface area (Å²) in [5.41, 5.74) is 3.25. The maximum Gasteiger partial charge on any atom is 0.410 e. The van der Waals surface area contributed by atoms with Crippen LogP contribution in [0.4, 0.5) is 4.79 Å². The minimum atomic E-state index is -0.320. The van der Waals surface area contributed by atoms with E-state index in [1.807, 2.05) is 42.5 Å². The number of benzene rings is 1. The van der Waals surface area contributed by atoms with Crippen molar-refractivity contribution in [1.29, 1.82) is 5.26 Å². The summed E-state index contributed by atoms with van der Waals surface area (Å²) in [6, 6.07) is 15.2. The molecule has 1 amide bonds. The molecule has 0 saturated heterocycles. The molecule has 0 radical (unpaired) electrons. The zero-order valence-electron chi connectivity index (χ0n) is 12.0. The van der Waals surface area contributed by atoms with Crippen molar-refractivity contribution in [2.75, 3.05) is 6.54 Å². The van der Waals surface area contributed by atoms with Gasteiger partial charge in [-0.2, -0.15) is 5.26 Å². The Balaban J connectivity index is 1.62. The van der Waals surface area contributed by atoms with Crippen molar-refractivity contribution in [3.63, 3.8) is 0 Å². The van der Waals surface area contributed by atoms with Gasteiger partial charge in [0, 0.05) is 18.7 Å². The van der Waals surface area contributed by atoms with Gasteiger partial charge in [-0.3, -0.25) is 0 Å². The number of aromatic nitrogens is 1. The van der Waals surface area contributed by atoms with E-state index in [2.05, 4.69) is 4.98 Å². The van der Waals surface area contributed by atoms with Crippen LogP contribution in [0.2, 0.25) is 0 Å². The fourth-order valence-electron chi connectivity index (χ4n) is 2.44. The Labute approximate surface area is 128 Å². The van der Waals surface area contributed by atoms with Crippen LogP contribution in [-0.2, 0) is 24.3 Å². The van der Waals surface area contributed by atoms with Gasteiger partial charge >= 0.3 is 6.09 Å². The Morgan fingerprint density at radius 3 is 2.86 bits per heavy atom. The molecule has 0 N–H and O–H groups in total. The predicted octanol–water partition coefficient (Wildman–Crippen LogP) is 2.65. The summed E-state index contributed by atoms with van der Waals surface area (Å²) in [6.45, 7) is 1.30. The van der Waals surface area contributed by atoms with Gasteiger partial charge < -0.3 is 9.64 Å². The van der Waals surface area contributed by atoms with E-state index in [0.717, 1.165) is 16.8 Å². The van der Waals surface area contributed by atoms with Gasteiger partial charge in [-0.05, 0) is 17.2 Å². The summed E-state index contributed by atoms with van der Waals surface area (Å²) in [6.07, 6.45) is 0.324. The van der Waals surface area contributed by atoms with E-state index < -0.39 is 0 Å². The van der Waals surface area contributed by atoms with Crippen molar-refractivity contribution in [2.45, 2.75) is 19.6 Å². The lowest BCUT2D eigenvalue weighted by molar-refractivity contribution is 0.0916. The molecule has 3 rings (SSSR count). The van der Waals surface area contributed by atoms with Gasteiger partial charge in [0.1, 0.15) is 18.4 Å². The van der Waals surface area contributed by atoms with Crippen LogP contribution in [0.5, 0.6) is 0 Å². The van der Waals surface area contributed by atoms with Crippen molar-refractivity contribution in [2.24, 2.45) is 0 Å². The van der Waals surface area contributed by atoms with Crippen LogP contribution in [0.25, 0.3) is 0 Å². The molecule has 1 aromatic carbocycles. The van der Waals surface area contributed by atoms with Gasteiger partial charge in [0.05, 0.1) is 6.54 Å². The summed E-state index contributed by atoms with van der Waals surface area (Å²) in [4.78, 5) is 18.1. The number of fused-ring (bicyclic) bond motifs is 1. The molecule has 0 saturated carbocycles. The van der Waals surface area contributed by atoms with Crippen LogP contribution in [0, 0.1) is 11.3 Å². The third-order valence-corrected chi connectivity index (χ3v) is 3.63. The second-order valence-electron chi connectivity index (χ2n) is 5.13. The van der Waals surface area contributed by atoms with E-state index in [-0.39, 0.29) is 12.7 Å². The SMILES string of the molecule is N#Cc1ccc2c(n1)CCN(C(=O)OCc1ccccc1)C2. The van der Waals surface area contributed by atoms with E-state index in [0.29, 0.717) is 25.2 Å². The number of hydrogen-bond acceptors (Lipinski definition) is 4. The maximum atomic E-state index is 12.1. The maximum absolute atomic E-state index is 12.1. The normalized spacial score (nSPS) is 13.1. The molecule has 1 aliphatic rings. The van der Waals surface area contributed by atoms with Crippen molar-refractivity contribution in [3.8, 4) is 6.07 Å². The molecular formula is C17H15N3O2. The molecule has 22 heavy (non-hydrogen) atoms. The first kappa shape index (κ1) is 14.1. The fourth-order valence-corrected chi connectivity index (χ4v) is 2.44. The van der Waals surface area contributed by atoms with Gasteiger partial charge in [0.25, 0.3) is 0 Å². The van der Waals surface area contributed by atoms with Crippen LogP contribution >= 0.6 is 0 Å². The quantitative estimate of drug-likeness (QED) is 0.853. The molecule has 5 nitrogen and oxygen atoms in total. The second kappa shape index (κ2) is 6.27. The molecule has 0 aliphatic carbocycles. The number of hydrogen-bond donors (Lipinski definition) is 0. The Bertz CT molecular complexity index is 722. The molecule has 5 heteroatoms. The lowest BCUT2D eigenvalue weighted by Gasteiger charge is -2.27. The molecule has 2 heterocycles. The highest BCUT2D eigenvalue weighted by molar-refractivity contribution is 5.68. The number of nitrogens with zero attached hydrogens (tertiary/aromatic N) is 3. The molecule has 0 fully saturated rings. The Morgan fingerprint density at radius 1 is 1.27 bits per heavy atom. The zero-order chi connectivity index (χ0) is 15.4. The largest absolute Gasteiger partial charge is 0.445 e. The first-order valence-electron chi connectivity index (χ1n) is 7.11. The molecule has 0 bridgehead atoms. The summed E-state index contributed by atoms with van der Waals surface area (Å²) in [5.74, 6) is 0. The number of rotatable bonds is 2. The van der Waals surface area contributed by atoms with Gasteiger partial charge in [-0.1, -0.05) is 36.4 Å². The highest BCUT2D eigenvalue weighted by Crippen LogP contribution is 2.18. The highest BCUT2D eigenvalue weighted by Gasteiger charge is 2.22. The Morgan fingerprint density at radius 2 is 2.09 bits per heavy atom. The molecular weight excluding hydrogens is 278 g/mol. The number of nitriles is 1. The Hall–Kier alpha value is -2.87. The molecule has 0 unspecified atom stereocenters. The average Bonchev–Trinajstić information content (AvgIpc) is 2.59. The van der Waals surface area contributed by atoms with Crippen LogP contribution in [-0.4, -0.2) is 22.5 Å². The van der Waals surface area contributed by atoms with E-state index in [1.165, 1.54) is 0 Å². The molecule has 1 aliphatic heterocycles. The molecule has 0 atom stereocenters. The van der Waals surface area contributed by atoms with E-state index in [1.54, 1.807) is 11.0 Å². The van der Waals surface area contributed by atoms with Gasteiger partial charge in [-0.25, -0.2) is 9.78 Å². The van der Waals surface area contributed by atoms with Crippen LogP contribution in [0.1, 0.15) is 22.5 Å². The van der Waals surface area contributed by atoms with Gasteiger partial charge in [0.15, 0.2) is 0 Å². The van der Waals surface area contributed by atoms with Gasteiger partial charge in [-0.15, -0.1) is 0 Å². The number of amides is 1. The van der Waals surface area contributed by atoms with Crippen molar-refractivity contribution < 1.29 is 9.53 Å². The molecule has 110 valence electrons. The number of carbonyl (C=O) groups excluding carboxylic acids is 1. The highest BCUT2D eigenvalue weighted by atomic mass is 16.6.